The largest absolute Gasteiger partial charge is 0.435 e. The van der Waals surface area contributed by atoms with E-state index in [2.05, 4.69) is 15.1 Å². The molecule has 1 aromatic carbocycles. The number of halogens is 3. The SMILES string of the molecule is O=c1[nH]c(N2CCCC(n3ccc(C(F)(F)F)n3)C2)nc2ccccc12. The topological polar surface area (TPSA) is 66.8 Å². The highest BCUT2D eigenvalue weighted by molar-refractivity contribution is 5.78. The van der Waals surface area contributed by atoms with E-state index < -0.39 is 11.9 Å². The second-order valence-electron chi connectivity index (χ2n) is 6.33. The lowest BCUT2D eigenvalue weighted by Gasteiger charge is -2.33. The molecule has 26 heavy (non-hydrogen) atoms. The second kappa shape index (κ2) is 6.15. The zero-order valence-electron chi connectivity index (χ0n) is 13.7. The summed E-state index contributed by atoms with van der Waals surface area (Å²) in [6.45, 7) is 1.10. The lowest BCUT2D eigenvalue weighted by Crippen LogP contribution is -2.38. The van der Waals surface area contributed by atoms with Crippen molar-refractivity contribution in [2.45, 2.75) is 25.1 Å². The van der Waals surface area contributed by atoms with E-state index >= 15 is 0 Å². The summed E-state index contributed by atoms with van der Waals surface area (Å²) in [5.74, 6) is 0.432. The van der Waals surface area contributed by atoms with E-state index in [9.17, 15) is 18.0 Å². The molecule has 1 fully saturated rings. The minimum Gasteiger partial charge on any atom is -0.340 e. The Hall–Kier alpha value is -2.84. The van der Waals surface area contributed by atoms with Crippen LogP contribution in [0.5, 0.6) is 0 Å². The molecule has 136 valence electrons. The first-order chi connectivity index (χ1) is 12.4. The number of piperidine rings is 1. The third kappa shape index (κ3) is 3.04. The van der Waals surface area contributed by atoms with Gasteiger partial charge < -0.3 is 4.90 Å². The third-order valence-corrected chi connectivity index (χ3v) is 4.57. The number of aromatic amines is 1. The smallest absolute Gasteiger partial charge is 0.340 e. The minimum absolute atomic E-state index is 0.211. The van der Waals surface area contributed by atoms with Crippen molar-refractivity contribution < 1.29 is 13.2 Å². The van der Waals surface area contributed by atoms with E-state index in [0.29, 0.717) is 36.4 Å². The molecule has 1 unspecified atom stereocenters. The lowest BCUT2D eigenvalue weighted by molar-refractivity contribution is -0.141. The number of benzene rings is 1. The summed E-state index contributed by atoms with van der Waals surface area (Å²) in [4.78, 5) is 21.4. The number of H-pyrrole nitrogens is 1. The molecule has 3 heterocycles. The molecule has 1 saturated heterocycles. The highest BCUT2D eigenvalue weighted by Gasteiger charge is 2.34. The number of fused-ring (bicyclic) bond motifs is 1. The Bertz CT molecular complexity index is 994. The maximum absolute atomic E-state index is 12.8. The normalized spacial score (nSPS) is 18.4. The van der Waals surface area contributed by atoms with E-state index in [0.717, 1.165) is 12.5 Å². The Morgan fingerprint density at radius 3 is 2.77 bits per heavy atom. The number of aromatic nitrogens is 4. The summed E-state index contributed by atoms with van der Waals surface area (Å²) < 4.78 is 39.7. The van der Waals surface area contributed by atoms with Crippen molar-refractivity contribution in [3.05, 3.63) is 52.6 Å². The van der Waals surface area contributed by atoms with Crippen LogP contribution in [0.1, 0.15) is 24.6 Å². The van der Waals surface area contributed by atoms with Crippen LogP contribution in [-0.4, -0.2) is 32.8 Å². The molecule has 1 N–H and O–H groups in total. The summed E-state index contributed by atoms with van der Waals surface area (Å²) in [5.41, 5.74) is -0.537. The van der Waals surface area contributed by atoms with Crippen LogP contribution < -0.4 is 10.5 Å². The van der Waals surface area contributed by atoms with Crippen molar-refractivity contribution in [3.63, 3.8) is 0 Å². The molecule has 3 aromatic rings. The Kier molecular flexibility index (Phi) is 3.93. The van der Waals surface area contributed by atoms with Gasteiger partial charge in [0.1, 0.15) is 0 Å². The fourth-order valence-electron chi connectivity index (χ4n) is 3.28. The monoisotopic (exact) mass is 363 g/mol. The number of alkyl halides is 3. The van der Waals surface area contributed by atoms with Gasteiger partial charge in [-0.1, -0.05) is 12.1 Å². The number of anilines is 1. The Morgan fingerprint density at radius 2 is 2.00 bits per heavy atom. The van der Waals surface area contributed by atoms with Gasteiger partial charge in [-0.05, 0) is 31.0 Å². The van der Waals surface area contributed by atoms with Crippen molar-refractivity contribution in [1.29, 1.82) is 0 Å². The van der Waals surface area contributed by atoms with Gasteiger partial charge in [0.2, 0.25) is 5.95 Å². The van der Waals surface area contributed by atoms with Gasteiger partial charge in [-0.3, -0.25) is 14.5 Å². The molecule has 4 rings (SSSR count). The van der Waals surface area contributed by atoms with E-state index in [-0.39, 0.29) is 11.6 Å². The first-order valence-electron chi connectivity index (χ1n) is 8.28. The van der Waals surface area contributed by atoms with Crippen LogP contribution in [0.2, 0.25) is 0 Å². The summed E-state index contributed by atoms with van der Waals surface area (Å²) in [7, 11) is 0. The Morgan fingerprint density at radius 1 is 1.19 bits per heavy atom. The van der Waals surface area contributed by atoms with Gasteiger partial charge in [-0.2, -0.15) is 18.3 Å². The lowest BCUT2D eigenvalue weighted by atomic mass is 10.1. The second-order valence-corrected chi connectivity index (χ2v) is 6.33. The average molecular weight is 363 g/mol. The van der Waals surface area contributed by atoms with Crippen molar-refractivity contribution in [2.75, 3.05) is 18.0 Å². The van der Waals surface area contributed by atoms with Gasteiger partial charge >= 0.3 is 6.18 Å². The summed E-state index contributed by atoms with van der Waals surface area (Å²) in [5, 5.41) is 4.18. The quantitative estimate of drug-likeness (QED) is 0.760. The van der Waals surface area contributed by atoms with Gasteiger partial charge in [-0.15, -0.1) is 0 Å². The molecule has 0 radical (unpaired) electrons. The fraction of sp³-hybridized carbons (Fsp3) is 0.353. The van der Waals surface area contributed by atoms with Crippen molar-refractivity contribution in [1.82, 2.24) is 19.7 Å². The summed E-state index contributed by atoms with van der Waals surface area (Å²) in [6.07, 6.45) is -1.62. The van der Waals surface area contributed by atoms with E-state index in [1.54, 1.807) is 24.3 Å². The zero-order valence-corrected chi connectivity index (χ0v) is 13.7. The molecule has 1 aliphatic heterocycles. The summed E-state index contributed by atoms with van der Waals surface area (Å²) >= 11 is 0. The number of rotatable bonds is 2. The van der Waals surface area contributed by atoms with Crippen molar-refractivity contribution >= 4 is 16.9 Å². The molecule has 6 nitrogen and oxygen atoms in total. The molecular weight excluding hydrogens is 347 g/mol. The number of nitrogens with one attached hydrogen (secondary N) is 1. The van der Waals surface area contributed by atoms with Crippen LogP contribution in [0, 0.1) is 0 Å². The maximum atomic E-state index is 12.8. The highest BCUT2D eigenvalue weighted by atomic mass is 19.4. The van der Waals surface area contributed by atoms with Crippen LogP contribution in [0.25, 0.3) is 10.9 Å². The van der Waals surface area contributed by atoms with Crippen molar-refractivity contribution in [3.8, 4) is 0 Å². The van der Waals surface area contributed by atoms with Gasteiger partial charge in [0.25, 0.3) is 5.56 Å². The third-order valence-electron chi connectivity index (χ3n) is 4.57. The van der Waals surface area contributed by atoms with Gasteiger partial charge in [-0.25, -0.2) is 4.98 Å². The Balaban J connectivity index is 1.61. The molecule has 0 saturated carbocycles. The minimum atomic E-state index is -4.45. The van der Waals surface area contributed by atoms with Crippen LogP contribution in [-0.2, 0) is 6.18 Å². The van der Waals surface area contributed by atoms with E-state index in [4.69, 9.17) is 0 Å². The number of hydrogen-bond acceptors (Lipinski definition) is 4. The number of para-hydroxylation sites is 1. The standard InChI is InChI=1S/C17H16F3N5O/c18-17(19,20)14-7-9-25(23-14)11-4-3-8-24(10-11)16-21-13-6-2-1-5-12(13)15(26)22-16/h1-2,5-7,9,11H,3-4,8,10H2,(H,21,22,26). The maximum Gasteiger partial charge on any atom is 0.435 e. The molecular formula is C17H16F3N5O. The van der Waals surface area contributed by atoms with Crippen LogP contribution in [0.4, 0.5) is 19.1 Å². The predicted molar refractivity (Wildman–Crippen MR) is 90.1 cm³/mol. The molecule has 2 aromatic heterocycles. The van der Waals surface area contributed by atoms with E-state index in [1.807, 2.05) is 4.90 Å². The Labute approximate surface area is 146 Å². The summed E-state index contributed by atoms with van der Waals surface area (Å²) in [6, 6.07) is 7.81. The van der Waals surface area contributed by atoms with Crippen LogP contribution in [0.15, 0.2) is 41.3 Å². The fourth-order valence-corrected chi connectivity index (χ4v) is 3.28. The first-order valence-corrected chi connectivity index (χ1v) is 8.28. The van der Waals surface area contributed by atoms with Gasteiger partial charge in [0, 0.05) is 19.3 Å². The molecule has 1 aliphatic rings. The number of hydrogen-bond donors (Lipinski definition) is 1. The molecule has 0 amide bonds. The molecule has 0 aliphatic carbocycles. The molecule has 9 heteroatoms. The predicted octanol–water partition coefficient (Wildman–Crippen LogP) is 2.98. The average Bonchev–Trinajstić information content (AvgIpc) is 3.12. The first kappa shape index (κ1) is 16.6. The van der Waals surface area contributed by atoms with Crippen molar-refractivity contribution in [2.24, 2.45) is 0 Å². The van der Waals surface area contributed by atoms with Crippen LogP contribution >= 0.6 is 0 Å². The molecule has 1 atom stereocenters. The van der Waals surface area contributed by atoms with Gasteiger partial charge in [0.15, 0.2) is 5.69 Å². The highest BCUT2D eigenvalue weighted by Crippen LogP contribution is 2.30. The van der Waals surface area contributed by atoms with Gasteiger partial charge in [0.05, 0.1) is 16.9 Å². The van der Waals surface area contributed by atoms with Crippen LogP contribution in [0.3, 0.4) is 0 Å². The molecule has 0 spiro atoms. The number of nitrogens with zero attached hydrogens (tertiary/aromatic N) is 4. The zero-order chi connectivity index (χ0) is 18.3. The molecule has 0 bridgehead atoms. The van der Waals surface area contributed by atoms with E-state index in [1.165, 1.54) is 10.9 Å².